The van der Waals surface area contributed by atoms with Crippen LogP contribution in [0.2, 0.25) is 0 Å². The molecule has 0 radical (unpaired) electrons. The van der Waals surface area contributed by atoms with E-state index in [1.165, 1.54) is 17.8 Å². The molecule has 2 aliphatic rings. The van der Waals surface area contributed by atoms with Crippen molar-refractivity contribution in [2.24, 2.45) is 0 Å². The van der Waals surface area contributed by atoms with Crippen LogP contribution in [-0.2, 0) is 6.42 Å². The lowest BCUT2D eigenvalue weighted by Crippen LogP contribution is -2.43. The second-order valence-electron chi connectivity index (χ2n) is 8.29. The zero-order valence-corrected chi connectivity index (χ0v) is 18.2. The van der Waals surface area contributed by atoms with E-state index >= 15 is 0 Å². The van der Waals surface area contributed by atoms with Gasteiger partial charge in [-0.1, -0.05) is 0 Å². The average Bonchev–Trinajstić information content (AvgIpc) is 3.10. The fraction of sp³-hybridized carbons (Fsp3) is 0.391. The number of pyridine rings is 1. The SMILES string of the molecule is Cc1ccc2c(N)c(C(=O)N[C@@H]3COc4cc(N5CCCCC5)cc(F)c4C3)sc2n1. The number of nitrogens with zero attached hydrogens (tertiary/aromatic N) is 2. The van der Waals surface area contributed by atoms with Crippen LogP contribution in [0.5, 0.6) is 5.75 Å². The van der Waals surface area contributed by atoms with Crippen molar-refractivity contribution in [2.45, 2.75) is 38.6 Å². The van der Waals surface area contributed by atoms with Gasteiger partial charge in [0.05, 0.1) is 11.7 Å². The molecule has 162 valence electrons. The van der Waals surface area contributed by atoms with Crippen molar-refractivity contribution in [3.05, 3.63) is 46.2 Å². The van der Waals surface area contributed by atoms with Crippen molar-refractivity contribution in [1.29, 1.82) is 0 Å². The Hall–Kier alpha value is -2.87. The molecule has 2 aliphatic heterocycles. The number of halogens is 1. The summed E-state index contributed by atoms with van der Waals surface area (Å²) in [6, 6.07) is 6.96. The van der Waals surface area contributed by atoms with E-state index in [1.54, 1.807) is 6.07 Å². The van der Waals surface area contributed by atoms with Crippen molar-refractivity contribution >= 4 is 38.8 Å². The first-order chi connectivity index (χ1) is 15.0. The summed E-state index contributed by atoms with van der Waals surface area (Å²) >= 11 is 1.27. The van der Waals surface area contributed by atoms with Crippen LogP contribution in [0.3, 0.4) is 0 Å². The Labute approximate surface area is 184 Å². The normalized spacial score (nSPS) is 18.5. The lowest BCUT2D eigenvalue weighted by atomic mass is 10.0. The van der Waals surface area contributed by atoms with E-state index in [4.69, 9.17) is 10.5 Å². The third kappa shape index (κ3) is 3.80. The van der Waals surface area contributed by atoms with Crippen molar-refractivity contribution < 1.29 is 13.9 Å². The number of benzene rings is 1. The maximum Gasteiger partial charge on any atom is 0.263 e. The number of nitrogens with one attached hydrogen (secondary N) is 1. The molecule has 0 unspecified atom stereocenters. The first-order valence-electron chi connectivity index (χ1n) is 10.7. The Morgan fingerprint density at radius 1 is 1.29 bits per heavy atom. The smallest absolute Gasteiger partial charge is 0.263 e. The fourth-order valence-corrected chi connectivity index (χ4v) is 5.40. The quantitative estimate of drug-likeness (QED) is 0.642. The second-order valence-corrected chi connectivity index (χ2v) is 9.29. The van der Waals surface area contributed by atoms with Gasteiger partial charge < -0.3 is 20.7 Å². The molecule has 0 spiro atoms. The third-order valence-electron chi connectivity index (χ3n) is 6.03. The van der Waals surface area contributed by atoms with Crippen molar-refractivity contribution in [3.8, 4) is 5.75 Å². The Bertz CT molecular complexity index is 1160. The molecule has 1 atom stereocenters. The molecule has 1 amide bonds. The highest BCUT2D eigenvalue weighted by atomic mass is 32.1. The zero-order valence-electron chi connectivity index (χ0n) is 17.4. The zero-order chi connectivity index (χ0) is 21.5. The molecular weight excluding hydrogens is 415 g/mol. The minimum Gasteiger partial charge on any atom is -0.491 e. The number of carbonyl (C=O) groups is 1. The van der Waals surface area contributed by atoms with Crippen molar-refractivity contribution in [3.63, 3.8) is 0 Å². The van der Waals surface area contributed by atoms with E-state index in [-0.39, 0.29) is 17.8 Å². The molecule has 1 saturated heterocycles. The molecule has 0 bridgehead atoms. The third-order valence-corrected chi connectivity index (χ3v) is 7.14. The molecule has 0 saturated carbocycles. The van der Waals surface area contributed by atoms with Crippen LogP contribution >= 0.6 is 11.3 Å². The molecule has 2 aromatic heterocycles. The average molecular weight is 441 g/mol. The number of nitrogen functional groups attached to an aromatic ring is 1. The van der Waals surface area contributed by atoms with Crippen LogP contribution in [0, 0.1) is 12.7 Å². The molecule has 4 heterocycles. The van der Waals surface area contributed by atoms with Crippen LogP contribution in [0.1, 0.15) is 40.2 Å². The summed E-state index contributed by atoms with van der Waals surface area (Å²) in [5, 5.41) is 3.74. The van der Waals surface area contributed by atoms with Crippen molar-refractivity contribution in [2.75, 3.05) is 30.3 Å². The van der Waals surface area contributed by atoms with Crippen LogP contribution < -0.4 is 20.7 Å². The summed E-state index contributed by atoms with van der Waals surface area (Å²) < 4.78 is 20.8. The maximum atomic E-state index is 14.9. The summed E-state index contributed by atoms with van der Waals surface area (Å²) in [5.74, 6) is 0.0192. The molecule has 6 nitrogen and oxygen atoms in total. The van der Waals surface area contributed by atoms with E-state index < -0.39 is 0 Å². The molecule has 31 heavy (non-hydrogen) atoms. The van der Waals surface area contributed by atoms with E-state index in [0.717, 1.165) is 47.5 Å². The van der Waals surface area contributed by atoms with Gasteiger partial charge in [-0.05, 0) is 44.4 Å². The number of nitrogens with two attached hydrogens (primary N) is 1. The number of thiophene rings is 1. The van der Waals surface area contributed by atoms with Crippen LogP contribution in [0.4, 0.5) is 15.8 Å². The number of aryl methyl sites for hydroxylation is 1. The van der Waals surface area contributed by atoms with E-state index in [9.17, 15) is 9.18 Å². The highest BCUT2D eigenvalue weighted by Crippen LogP contribution is 2.35. The molecule has 1 aromatic carbocycles. The van der Waals surface area contributed by atoms with E-state index in [0.29, 0.717) is 34.9 Å². The molecule has 1 fully saturated rings. The number of fused-ring (bicyclic) bond motifs is 2. The first kappa shape index (κ1) is 20.1. The van der Waals surface area contributed by atoms with Gasteiger partial charge in [0.15, 0.2) is 0 Å². The Balaban J connectivity index is 1.33. The molecule has 8 heteroatoms. The summed E-state index contributed by atoms with van der Waals surface area (Å²) in [5.41, 5.74) is 8.89. The topological polar surface area (TPSA) is 80.5 Å². The predicted molar refractivity (Wildman–Crippen MR) is 122 cm³/mol. The number of anilines is 2. The predicted octanol–water partition coefficient (Wildman–Crippen LogP) is 4.05. The summed E-state index contributed by atoms with van der Waals surface area (Å²) in [4.78, 5) is 20.7. The number of hydrogen-bond acceptors (Lipinski definition) is 6. The standard InChI is InChI=1S/C23H25FN4O2S/c1-13-5-6-16-20(25)21(31-23(16)26-13)22(29)27-14-9-17-18(24)10-15(11-19(17)30-12-14)28-7-3-2-4-8-28/h5-6,10-11,14H,2-4,7-9,12,25H2,1H3,(H,27,29)/t14-/m0/s1. The van der Waals surface area contributed by atoms with Gasteiger partial charge in [-0.3, -0.25) is 4.79 Å². The fourth-order valence-electron chi connectivity index (χ4n) is 4.36. The van der Waals surface area contributed by atoms with Gasteiger partial charge in [0.1, 0.15) is 27.9 Å². The maximum absolute atomic E-state index is 14.9. The van der Waals surface area contributed by atoms with Crippen LogP contribution in [0.25, 0.3) is 10.2 Å². The van der Waals surface area contributed by atoms with Gasteiger partial charge in [0.25, 0.3) is 5.91 Å². The Kier molecular flexibility index (Phi) is 5.17. The van der Waals surface area contributed by atoms with Gasteiger partial charge in [-0.2, -0.15) is 0 Å². The Morgan fingerprint density at radius 3 is 2.90 bits per heavy atom. The first-order valence-corrected chi connectivity index (χ1v) is 11.5. The summed E-state index contributed by atoms with van der Waals surface area (Å²) in [6.45, 7) is 4.09. The lowest BCUT2D eigenvalue weighted by Gasteiger charge is -2.31. The highest BCUT2D eigenvalue weighted by molar-refractivity contribution is 7.21. The number of hydrogen-bond donors (Lipinski definition) is 2. The van der Waals surface area contributed by atoms with Crippen LogP contribution in [0.15, 0.2) is 24.3 Å². The van der Waals surface area contributed by atoms with Gasteiger partial charge in [0.2, 0.25) is 0 Å². The van der Waals surface area contributed by atoms with E-state index in [1.807, 2.05) is 25.1 Å². The van der Waals surface area contributed by atoms with Gasteiger partial charge in [0, 0.05) is 47.9 Å². The van der Waals surface area contributed by atoms with Crippen LogP contribution in [-0.4, -0.2) is 36.6 Å². The number of ether oxygens (including phenoxy) is 1. The highest BCUT2D eigenvalue weighted by Gasteiger charge is 2.27. The van der Waals surface area contributed by atoms with E-state index in [2.05, 4.69) is 15.2 Å². The number of piperidine rings is 1. The second kappa shape index (κ2) is 8.00. The molecular formula is C23H25FN4O2S. The molecule has 0 aliphatic carbocycles. The minimum atomic E-state index is -0.324. The minimum absolute atomic E-state index is 0.277. The monoisotopic (exact) mass is 440 g/mol. The van der Waals surface area contributed by atoms with Gasteiger partial charge >= 0.3 is 0 Å². The van der Waals surface area contributed by atoms with Crippen molar-refractivity contribution in [1.82, 2.24) is 10.3 Å². The van der Waals surface area contributed by atoms with Gasteiger partial charge in [-0.15, -0.1) is 11.3 Å². The van der Waals surface area contributed by atoms with Gasteiger partial charge in [-0.25, -0.2) is 9.37 Å². The lowest BCUT2D eigenvalue weighted by molar-refractivity contribution is 0.0919. The largest absolute Gasteiger partial charge is 0.491 e. The number of amides is 1. The Morgan fingerprint density at radius 2 is 2.10 bits per heavy atom. The number of carbonyl (C=O) groups excluding carboxylic acids is 1. The summed E-state index contributed by atoms with van der Waals surface area (Å²) in [6.07, 6.45) is 3.87. The molecule has 5 rings (SSSR count). The number of rotatable bonds is 3. The number of aromatic nitrogens is 1. The molecule has 3 aromatic rings. The molecule has 3 N–H and O–H groups in total. The summed E-state index contributed by atoms with van der Waals surface area (Å²) in [7, 11) is 0.